The number of aryl methyl sites for hydroxylation is 1. The molecule has 0 aromatic heterocycles. The van der Waals surface area contributed by atoms with Crippen molar-refractivity contribution in [3.63, 3.8) is 0 Å². The van der Waals surface area contributed by atoms with E-state index in [1.165, 1.54) is 43.2 Å². The fourth-order valence-electron chi connectivity index (χ4n) is 3.63. The normalized spacial score (nSPS) is 26.6. The molecule has 0 saturated heterocycles. The van der Waals surface area contributed by atoms with Gasteiger partial charge < -0.3 is 4.74 Å². The van der Waals surface area contributed by atoms with Crippen LogP contribution in [0, 0.1) is 5.92 Å². The maximum Gasteiger partial charge on any atom is 0.387 e. The largest absolute Gasteiger partial charge is 0.435 e. The van der Waals surface area contributed by atoms with Gasteiger partial charge in [0, 0.05) is 0 Å². The van der Waals surface area contributed by atoms with Crippen molar-refractivity contribution in [3.8, 4) is 5.75 Å². The van der Waals surface area contributed by atoms with Crippen molar-refractivity contribution in [1.29, 1.82) is 0 Å². The Hall–Kier alpha value is -1.12. The van der Waals surface area contributed by atoms with Gasteiger partial charge in [-0.05, 0) is 60.8 Å². The number of alkyl halides is 2. The van der Waals surface area contributed by atoms with Crippen molar-refractivity contribution >= 4 is 0 Å². The van der Waals surface area contributed by atoms with E-state index in [0.717, 1.165) is 12.3 Å². The fourth-order valence-corrected chi connectivity index (χ4v) is 3.63. The van der Waals surface area contributed by atoms with E-state index in [0.29, 0.717) is 11.7 Å². The van der Waals surface area contributed by atoms with Gasteiger partial charge in [0.1, 0.15) is 5.75 Å². The highest BCUT2D eigenvalue weighted by atomic mass is 19.3. The SMILES string of the molecule is FC(F)Oc1ccc2c(c1)C1CCCCC1CC2. The number of rotatable bonds is 2. The van der Waals surface area contributed by atoms with Crippen LogP contribution in [0.1, 0.15) is 49.1 Å². The lowest BCUT2D eigenvalue weighted by Crippen LogP contribution is -2.24. The number of benzene rings is 1. The molecule has 1 saturated carbocycles. The van der Waals surface area contributed by atoms with Crippen LogP contribution in [0.15, 0.2) is 18.2 Å². The number of ether oxygens (including phenoxy) is 1. The maximum absolute atomic E-state index is 12.3. The van der Waals surface area contributed by atoms with E-state index in [1.54, 1.807) is 6.07 Å². The Morgan fingerprint density at radius 1 is 1.11 bits per heavy atom. The lowest BCUT2D eigenvalue weighted by molar-refractivity contribution is -0.0499. The average Bonchev–Trinajstić information content (AvgIpc) is 2.38. The Morgan fingerprint density at radius 3 is 2.78 bits per heavy atom. The molecule has 2 atom stereocenters. The molecular weight excluding hydrogens is 234 g/mol. The molecule has 0 aliphatic heterocycles. The first-order valence-corrected chi connectivity index (χ1v) is 6.81. The number of halogens is 2. The molecule has 0 N–H and O–H groups in total. The number of hydrogen-bond donors (Lipinski definition) is 0. The average molecular weight is 252 g/mol. The first kappa shape index (κ1) is 11.9. The molecule has 3 heteroatoms. The Bertz CT molecular complexity index is 431. The highest BCUT2D eigenvalue weighted by Crippen LogP contribution is 2.45. The summed E-state index contributed by atoms with van der Waals surface area (Å²) in [4.78, 5) is 0. The third-order valence-electron chi connectivity index (χ3n) is 4.44. The summed E-state index contributed by atoms with van der Waals surface area (Å²) in [6.45, 7) is -2.73. The van der Waals surface area contributed by atoms with E-state index in [4.69, 9.17) is 0 Å². The van der Waals surface area contributed by atoms with Crippen molar-refractivity contribution in [2.75, 3.05) is 0 Å². The van der Waals surface area contributed by atoms with Crippen LogP contribution in [0.4, 0.5) is 8.78 Å². The van der Waals surface area contributed by atoms with Crippen LogP contribution < -0.4 is 4.74 Å². The van der Waals surface area contributed by atoms with Gasteiger partial charge in [0.15, 0.2) is 0 Å². The standard InChI is InChI=1S/C15H18F2O/c16-15(17)18-12-8-7-11-6-5-10-3-1-2-4-13(10)14(11)9-12/h7-10,13,15H,1-6H2. The summed E-state index contributed by atoms with van der Waals surface area (Å²) in [7, 11) is 0. The smallest absolute Gasteiger partial charge is 0.387 e. The molecule has 2 aliphatic rings. The molecule has 0 heterocycles. The second-order valence-corrected chi connectivity index (χ2v) is 5.43. The molecule has 2 unspecified atom stereocenters. The van der Waals surface area contributed by atoms with E-state index >= 15 is 0 Å². The van der Waals surface area contributed by atoms with Crippen molar-refractivity contribution in [2.45, 2.75) is 51.1 Å². The summed E-state index contributed by atoms with van der Waals surface area (Å²) in [5.41, 5.74) is 2.60. The van der Waals surface area contributed by atoms with Crippen LogP contribution in [-0.2, 0) is 6.42 Å². The Morgan fingerprint density at radius 2 is 1.94 bits per heavy atom. The Kier molecular flexibility index (Phi) is 3.23. The van der Waals surface area contributed by atoms with Crippen molar-refractivity contribution in [1.82, 2.24) is 0 Å². The molecular formula is C15H18F2O. The summed E-state index contributed by atoms with van der Waals surface area (Å²) in [6.07, 6.45) is 7.43. The van der Waals surface area contributed by atoms with Gasteiger partial charge in [0.05, 0.1) is 0 Å². The van der Waals surface area contributed by atoms with Crippen LogP contribution in [-0.4, -0.2) is 6.61 Å². The van der Waals surface area contributed by atoms with Crippen LogP contribution in [0.2, 0.25) is 0 Å². The Labute approximate surface area is 106 Å². The molecule has 1 nitrogen and oxygen atoms in total. The highest BCUT2D eigenvalue weighted by Gasteiger charge is 2.31. The minimum Gasteiger partial charge on any atom is -0.435 e. The van der Waals surface area contributed by atoms with Crippen molar-refractivity contribution in [3.05, 3.63) is 29.3 Å². The van der Waals surface area contributed by atoms with Crippen molar-refractivity contribution in [2.24, 2.45) is 5.92 Å². The molecule has 2 aliphatic carbocycles. The summed E-state index contributed by atoms with van der Waals surface area (Å²) in [6, 6.07) is 5.50. The zero-order valence-corrected chi connectivity index (χ0v) is 10.4. The molecule has 0 spiro atoms. The van der Waals surface area contributed by atoms with Gasteiger partial charge in [-0.2, -0.15) is 8.78 Å². The van der Waals surface area contributed by atoms with Gasteiger partial charge >= 0.3 is 6.61 Å². The zero-order chi connectivity index (χ0) is 12.5. The summed E-state index contributed by atoms with van der Waals surface area (Å²) >= 11 is 0. The van der Waals surface area contributed by atoms with E-state index < -0.39 is 6.61 Å². The van der Waals surface area contributed by atoms with Gasteiger partial charge in [-0.15, -0.1) is 0 Å². The highest BCUT2D eigenvalue weighted by molar-refractivity contribution is 5.40. The molecule has 3 rings (SSSR count). The van der Waals surface area contributed by atoms with E-state index in [1.807, 2.05) is 12.1 Å². The van der Waals surface area contributed by atoms with Gasteiger partial charge in [-0.3, -0.25) is 0 Å². The summed E-state index contributed by atoms with van der Waals surface area (Å²) in [5, 5.41) is 0. The molecule has 1 aromatic carbocycles. The monoisotopic (exact) mass is 252 g/mol. The lowest BCUT2D eigenvalue weighted by atomic mass is 9.68. The molecule has 0 amide bonds. The van der Waals surface area contributed by atoms with Gasteiger partial charge in [0.25, 0.3) is 0 Å². The third-order valence-corrected chi connectivity index (χ3v) is 4.44. The van der Waals surface area contributed by atoms with E-state index in [-0.39, 0.29) is 0 Å². The van der Waals surface area contributed by atoms with Crippen LogP contribution in [0.5, 0.6) is 5.75 Å². The van der Waals surface area contributed by atoms with Crippen LogP contribution in [0.3, 0.4) is 0 Å². The lowest BCUT2D eigenvalue weighted by Gasteiger charge is -2.37. The van der Waals surface area contributed by atoms with Crippen molar-refractivity contribution < 1.29 is 13.5 Å². The fraction of sp³-hybridized carbons (Fsp3) is 0.600. The second-order valence-electron chi connectivity index (χ2n) is 5.43. The van der Waals surface area contributed by atoms with Gasteiger partial charge in [-0.25, -0.2) is 0 Å². The minimum atomic E-state index is -2.73. The van der Waals surface area contributed by atoms with E-state index in [9.17, 15) is 8.78 Å². The number of fused-ring (bicyclic) bond motifs is 3. The summed E-state index contributed by atoms with van der Waals surface area (Å²) in [5.74, 6) is 1.65. The predicted molar refractivity (Wildman–Crippen MR) is 66.1 cm³/mol. The summed E-state index contributed by atoms with van der Waals surface area (Å²) < 4.78 is 29.1. The topological polar surface area (TPSA) is 9.23 Å². The second kappa shape index (κ2) is 4.87. The van der Waals surface area contributed by atoms with Crippen LogP contribution in [0.25, 0.3) is 0 Å². The molecule has 98 valence electrons. The predicted octanol–water partition coefficient (Wildman–Crippen LogP) is 4.51. The maximum atomic E-state index is 12.3. The first-order chi connectivity index (χ1) is 8.74. The minimum absolute atomic E-state index is 0.315. The van der Waals surface area contributed by atoms with Gasteiger partial charge in [-0.1, -0.05) is 18.9 Å². The van der Waals surface area contributed by atoms with Gasteiger partial charge in [0.2, 0.25) is 0 Å². The third kappa shape index (κ3) is 2.23. The van der Waals surface area contributed by atoms with E-state index in [2.05, 4.69) is 4.74 Å². The zero-order valence-electron chi connectivity index (χ0n) is 10.4. The molecule has 0 bridgehead atoms. The Balaban J connectivity index is 1.90. The molecule has 1 fully saturated rings. The quantitative estimate of drug-likeness (QED) is 0.752. The molecule has 18 heavy (non-hydrogen) atoms. The van der Waals surface area contributed by atoms with Crippen LogP contribution >= 0.6 is 0 Å². The number of hydrogen-bond acceptors (Lipinski definition) is 1. The molecule has 1 aromatic rings. The molecule has 0 radical (unpaired) electrons. The first-order valence-electron chi connectivity index (χ1n) is 6.81.